The maximum absolute atomic E-state index is 14.5. The van der Waals surface area contributed by atoms with Gasteiger partial charge in [-0.05, 0) is 56.1 Å². The Kier molecular flexibility index (Phi) is 5.62. The number of aryl methyl sites for hydroxylation is 1. The Morgan fingerprint density at radius 2 is 2.10 bits per heavy atom. The van der Waals surface area contributed by atoms with Crippen molar-refractivity contribution in [2.24, 2.45) is 0 Å². The number of anilines is 1. The van der Waals surface area contributed by atoms with Crippen LogP contribution in [0.2, 0.25) is 0 Å². The minimum Gasteiger partial charge on any atom is -0.507 e. The maximum Gasteiger partial charge on any atom is 0.168 e. The Hall–Kier alpha value is -2.73. The zero-order chi connectivity index (χ0) is 20.4. The first kappa shape index (κ1) is 19.6. The molecule has 1 saturated heterocycles. The fraction of sp³-hybridized carbons (Fsp3) is 0.391. The number of rotatable bonds is 6. The van der Waals surface area contributed by atoms with Gasteiger partial charge in [0.15, 0.2) is 5.82 Å². The number of unbranched alkanes of at least 4 members (excludes halogenated alkanes) is 1. The lowest BCUT2D eigenvalue weighted by atomic mass is 10.1. The Bertz CT molecular complexity index is 1000. The van der Waals surface area contributed by atoms with Crippen LogP contribution in [0.15, 0.2) is 36.4 Å². The fourth-order valence-corrected chi connectivity index (χ4v) is 3.91. The van der Waals surface area contributed by atoms with Crippen LogP contribution in [0.4, 0.5) is 10.2 Å². The van der Waals surface area contributed by atoms with Crippen molar-refractivity contribution >= 4 is 16.7 Å². The van der Waals surface area contributed by atoms with E-state index in [-0.39, 0.29) is 17.1 Å². The lowest BCUT2D eigenvalue weighted by Gasteiger charge is -2.21. The van der Waals surface area contributed by atoms with Crippen molar-refractivity contribution in [3.8, 4) is 17.1 Å². The van der Waals surface area contributed by atoms with Crippen molar-refractivity contribution in [3.05, 3.63) is 47.8 Å². The SMILES string of the molecule is CCCCNC1CCN(c2nc(-c3c(O)cccc3F)nc3cc(C)ccc23)C1. The van der Waals surface area contributed by atoms with E-state index < -0.39 is 5.82 Å². The molecule has 1 aliphatic rings. The molecule has 3 aromatic rings. The van der Waals surface area contributed by atoms with E-state index in [1.54, 1.807) is 0 Å². The quantitative estimate of drug-likeness (QED) is 0.606. The summed E-state index contributed by atoms with van der Waals surface area (Å²) in [4.78, 5) is 11.5. The van der Waals surface area contributed by atoms with Crippen LogP contribution >= 0.6 is 0 Å². The van der Waals surface area contributed by atoms with Crippen LogP contribution in [0, 0.1) is 12.7 Å². The number of benzene rings is 2. The van der Waals surface area contributed by atoms with E-state index in [0.29, 0.717) is 6.04 Å². The van der Waals surface area contributed by atoms with Crippen molar-refractivity contribution in [2.45, 2.75) is 39.2 Å². The Labute approximate surface area is 170 Å². The van der Waals surface area contributed by atoms with Crippen LogP contribution in [0.5, 0.6) is 5.75 Å². The van der Waals surface area contributed by atoms with Gasteiger partial charge in [-0.2, -0.15) is 0 Å². The van der Waals surface area contributed by atoms with Gasteiger partial charge in [0.1, 0.15) is 17.4 Å². The number of hydrogen-bond acceptors (Lipinski definition) is 5. The summed E-state index contributed by atoms with van der Waals surface area (Å²) in [5.74, 6) is 0.343. The van der Waals surface area contributed by atoms with Gasteiger partial charge in [-0.3, -0.25) is 0 Å². The summed E-state index contributed by atoms with van der Waals surface area (Å²) < 4.78 is 14.5. The molecule has 1 aromatic heterocycles. The molecule has 0 saturated carbocycles. The maximum atomic E-state index is 14.5. The van der Waals surface area contributed by atoms with E-state index >= 15 is 0 Å². The van der Waals surface area contributed by atoms with Crippen LogP contribution < -0.4 is 10.2 Å². The van der Waals surface area contributed by atoms with Crippen LogP contribution in [-0.4, -0.2) is 40.8 Å². The second kappa shape index (κ2) is 8.33. The standard InChI is InChI=1S/C23H27FN4O/c1-3-4-11-25-16-10-12-28(14-16)23-17-9-8-15(2)13-19(17)26-22(27-23)21-18(24)6-5-7-20(21)29/h5-9,13,16,25,29H,3-4,10-12,14H2,1-2H3. The molecule has 1 unspecified atom stereocenters. The van der Waals surface area contributed by atoms with E-state index in [9.17, 15) is 9.50 Å². The largest absolute Gasteiger partial charge is 0.507 e. The van der Waals surface area contributed by atoms with Crippen molar-refractivity contribution in [3.63, 3.8) is 0 Å². The first-order chi connectivity index (χ1) is 14.1. The molecular weight excluding hydrogens is 367 g/mol. The van der Waals surface area contributed by atoms with Gasteiger partial charge in [-0.15, -0.1) is 0 Å². The van der Waals surface area contributed by atoms with Gasteiger partial charge in [-0.25, -0.2) is 14.4 Å². The monoisotopic (exact) mass is 394 g/mol. The number of aromatic nitrogens is 2. The number of halogens is 1. The lowest BCUT2D eigenvalue weighted by Crippen LogP contribution is -2.33. The Balaban J connectivity index is 1.75. The van der Waals surface area contributed by atoms with E-state index in [0.717, 1.165) is 48.3 Å². The predicted octanol–water partition coefficient (Wildman–Crippen LogP) is 4.42. The molecule has 0 spiro atoms. The third kappa shape index (κ3) is 4.03. The lowest BCUT2D eigenvalue weighted by molar-refractivity contribution is 0.471. The molecule has 0 bridgehead atoms. The Morgan fingerprint density at radius 1 is 1.24 bits per heavy atom. The van der Waals surface area contributed by atoms with Crippen molar-refractivity contribution < 1.29 is 9.50 Å². The van der Waals surface area contributed by atoms with Crippen LogP contribution in [-0.2, 0) is 0 Å². The highest BCUT2D eigenvalue weighted by molar-refractivity contribution is 5.92. The molecule has 5 nitrogen and oxygen atoms in total. The summed E-state index contributed by atoms with van der Waals surface area (Å²) in [6, 6.07) is 10.7. The third-order valence-electron chi connectivity index (χ3n) is 5.50. The molecule has 2 aromatic carbocycles. The van der Waals surface area contributed by atoms with Crippen LogP contribution in [0.3, 0.4) is 0 Å². The summed E-state index contributed by atoms with van der Waals surface area (Å²) in [5, 5.41) is 14.8. The average molecular weight is 394 g/mol. The minimum absolute atomic E-state index is 0.0500. The summed E-state index contributed by atoms with van der Waals surface area (Å²) in [5.41, 5.74) is 1.88. The number of phenols is 1. The molecule has 0 amide bonds. The average Bonchev–Trinajstić information content (AvgIpc) is 3.16. The highest BCUT2D eigenvalue weighted by atomic mass is 19.1. The van der Waals surface area contributed by atoms with E-state index in [1.165, 1.54) is 31.0 Å². The van der Waals surface area contributed by atoms with Gasteiger partial charge in [0.25, 0.3) is 0 Å². The molecule has 1 fully saturated rings. The number of fused-ring (bicyclic) bond motifs is 1. The molecule has 2 N–H and O–H groups in total. The van der Waals surface area contributed by atoms with Crippen molar-refractivity contribution in [2.75, 3.05) is 24.5 Å². The molecule has 0 radical (unpaired) electrons. The van der Waals surface area contributed by atoms with Crippen LogP contribution in [0.25, 0.3) is 22.3 Å². The summed E-state index contributed by atoms with van der Waals surface area (Å²) in [6.45, 7) is 6.95. The number of phenolic OH excluding ortho intramolecular Hbond substituents is 1. The molecule has 6 heteroatoms. The number of nitrogens with zero attached hydrogens (tertiary/aromatic N) is 3. The molecule has 29 heavy (non-hydrogen) atoms. The highest BCUT2D eigenvalue weighted by Gasteiger charge is 2.26. The summed E-state index contributed by atoms with van der Waals surface area (Å²) in [6.07, 6.45) is 3.39. The molecule has 0 aliphatic carbocycles. The van der Waals surface area contributed by atoms with Gasteiger partial charge in [-0.1, -0.05) is 25.5 Å². The third-order valence-corrected chi connectivity index (χ3v) is 5.50. The zero-order valence-electron chi connectivity index (χ0n) is 17.0. The Morgan fingerprint density at radius 3 is 2.90 bits per heavy atom. The van der Waals surface area contributed by atoms with Gasteiger partial charge in [0.2, 0.25) is 0 Å². The van der Waals surface area contributed by atoms with Gasteiger partial charge >= 0.3 is 0 Å². The molecule has 1 atom stereocenters. The molecular formula is C23H27FN4O. The highest BCUT2D eigenvalue weighted by Crippen LogP contribution is 2.34. The van der Waals surface area contributed by atoms with Gasteiger partial charge < -0.3 is 15.3 Å². The van der Waals surface area contributed by atoms with Crippen molar-refractivity contribution in [1.29, 1.82) is 0 Å². The molecule has 4 rings (SSSR count). The van der Waals surface area contributed by atoms with Crippen LogP contribution in [0.1, 0.15) is 31.7 Å². The topological polar surface area (TPSA) is 61.3 Å². The molecule has 1 aliphatic heterocycles. The predicted molar refractivity (Wildman–Crippen MR) is 115 cm³/mol. The second-order valence-corrected chi connectivity index (χ2v) is 7.76. The first-order valence-corrected chi connectivity index (χ1v) is 10.3. The van der Waals surface area contributed by atoms with E-state index in [4.69, 9.17) is 4.98 Å². The molecule has 2 heterocycles. The normalized spacial score (nSPS) is 16.7. The first-order valence-electron chi connectivity index (χ1n) is 10.3. The smallest absolute Gasteiger partial charge is 0.168 e. The van der Waals surface area contributed by atoms with E-state index in [1.807, 2.05) is 25.1 Å². The van der Waals surface area contributed by atoms with Gasteiger partial charge in [0, 0.05) is 24.5 Å². The van der Waals surface area contributed by atoms with Crippen molar-refractivity contribution in [1.82, 2.24) is 15.3 Å². The minimum atomic E-state index is -0.525. The fourth-order valence-electron chi connectivity index (χ4n) is 3.91. The summed E-state index contributed by atoms with van der Waals surface area (Å²) in [7, 11) is 0. The van der Waals surface area contributed by atoms with Gasteiger partial charge in [0.05, 0.1) is 11.1 Å². The van der Waals surface area contributed by atoms with E-state index in [2.05, 4.69) is 22.1 Å². The summed E-state index contributed by atoms with van der Waals surface area (Å²) >= 11 is 0. The number of aromatic hydroxyl groups is 1. The molecule has 152 valence electrons. The number of hydrogen-bond donors (Lipinski definition) is 2. The zero-order valence-corrected chi connectivity index (χ0v) is 17.0. The number of nitrogens with one attached hydrogen (secondary N) is 1. The second-order valence-electron chi connectivity index (χ2n) is 7.76.